The molecule has 1 amide bonds. The zero-order chi connectivity index (χ0) is 16.2. The predicted molar refractivity (Wildman–Crippen MR) is 95.0 cm³/mol. The number of benzene rings is 1. The van der Waals surface area contributed by atoms with Crippen molar-refractivity contribution in [2.24, 2.45) is 0 Å². The van der Waals surface area contributed by atoms with Gasteiger partial charge in [0.05, 0.1) is 16.3 Å². The van der Waals surface area contributed by atoms with Gasteiger partial charge in [-0.3, -0.25) is 4.79 Å². The summed E-state index contributed by atoms with van der Waals surface area (Å²) in [6, 6.07) is 8.29. The maximum Gasteiger partial charge on any atom is 0.257 e. The van der Waals surface area contributed by atoms with E-state index in [1.807, 2.05) is 11.8 Å². The molecule has 120 valence electrons. The third kappa shape index (κ3) is 4.31. The summed E-state index contributed by atoms with van der Waals surface area (Å²) in [7, 11) is 0. The lowest BCUT2D eigenvalue weighted by molar-refractivity contribution is 0.102. The van der Waals surface area contributed by atoms with E-state index in [1.165, 1.54) is 6.20 Å². The van der Waals surface area contributed by atoms with E-state index < -0.39 is 0 Å². The molecule has 3 rings (SSSR count). The highest BCUT2D eigenvalue weighted by atomic mass is 35.5. The van der Waals surface area contributed by atoms with E-state index in [9.17, 15) is 4.79 Å². The number of hydrogen-bond donors (Lipinski definition) is 1. The monoisotopic (exact) mass is 368 g/mol. The molecule has 0 saturated carbocycles. The summed E-state index contributed by atoms with van der Waals surface area (Å²) < 4.78 is 5.76. The molecule has 4 nitrogen and oxygen atoms in total. The van der Waals surface area contributed by atoms with E-state index >= 15 is 0 Å². The van der Waals surface area contributed by atoms with Crippen LogP contribution in [0.1, 0.15) is 16.8 Å². The summed E-state index contributed by atoms with van der Waals surface area (Å²) >= 11 is 13.8. The van der Waals surface area contributed by atoms with E-state index in [4.69, 9.17) is 27.9 Å². The van der Waals surface area contributed by atoms with Crippen LogP contribution in [-0.2, 0) is 0 Å². The summed E-state index contributed by atoms with van der Waals surface area (Å²) in [4.78, 5) is 16.4. The van der Waals surface area contributed by atoms with Crippen LogP contribution in [0.15, 0.2) is 36.5 Å². The Morgan fingerprint density at radius 2 is 2.17 bits per heavy atom. The predicted octanol–water partition coefficient (Wildman–Crippen LogP) is 4.53. The molecule has 1 aliphatic rings. The molecule has 7 heteroatoms. The van der Waals surface area contributed by atoms with Gasteiger partial charge in [-0.25, -0.2) is 4.98 Å². The summed E-state index contributed by atoms with van der Waals surface area (Å²) in [5.74, 6) is 2.36. The van der Waals surface area contributed by atoms with Crippen molar-refractivity contribution in [3.8, 4) is 5.88 Å². The number of pyridine rings is 1. The SMILES string of the molecule is O=C(Nc1ccc(Cl)cc1Cl)c1ccc(OC2CCSC2)nc1. The van der Waals surface area contributed by atoms with Crippen LogP contribution in [0.5, 0.6) is 5.88 Å². The molecule has 1 aromatic carbocycles. The average Bonchev–Trinajstić information content (AvgIpc) is 3.04. The normalized spacial score (nSPS) is 17.0. The van der Waals surface area contributed by atoms with Crippen molar-refractivity contribution in [1.29, 1.82) is 0 Å². The second-order valence-corrected chi connectivity index (χ2v) is 7.06. The van der Waals surface area contributed by atoms with E-state index in [1.54, 1.807) is 30.3 Å². The molecule has 1 unspecified atom stereocenters. The number of ether oxygens (including phenoxy) is 1. The number of anilines is 1. The van der Waals surface area contributed by atoms with Crippen molar-refractivity contribution in [1.82, 2.24) is 4.98 Å². The van der Waals surface area contributed by atoms with Crippen molar-refractivity contribution >= 4 is 46.6 Å². The number of hydrogen-bond acceptors (Lipinski definition) is 4. The number of halogens is 2. The first-order chi connectivity index (χ1) is 11.1. The fourth-order valence-electron chi connectivity index (χ4n) is 2.15. The molecule has 1 aromatic heterocycles. The molecule has 0 spiro atoms. The van der Waals surface area contributed by atoms with Crippen molar-refractivity contribution in [2.45, 2.75) is 12.5 Å². The molecule has 1 saturated heterocycles. The number of nitrogens with zero attached hydrogens (tertiary/aromatic N) is 1. The highest BCUT2D eigenvalue weighted by Gasteiger charge is 2.17. The molecule has 2 aromatic rings. The Bertz CT molecular complexity index is 704. The molecule has 23 heavy (non-hydrogen) atoms. The molecular formula is C16H14Cl2N2O2S. The highest BCUT2D eigenvalue weighted by Crippen LogP contribution is 2.26. The van der Waals surface area contributed by atoms with Gasteiger partial charge < -0.3 is 10.1 Å². The van der Waals surface area contributed by atoms with Crippen LogP contribution in [0.4, 0.5) is 5.69 Å². The largest absolute Gasteiger partial charge is 0.473 e. The molecular weight excluding hydrogens is 355 g/mol. The number of aromatic nitrogens is 1. The molecule has 0 aliphatic carbocycles. The van der Waals surface area contributed by atoms with Gasteiger partial charge >= 0.3 is 0 Å². The van der Waals surface area contributed by atoms with Gasteiger partial charge in [-0.05, 0) is 36.4 Å². The summed E-state index contributed by atoms with van der Waals surface area (Å²) in [5, 5.41) is 3.63. The fourth-order valence-corrected chi connectivity index (χ4v) is 3.70. The Morgan fingerprint density at radius 1 is 1.30 bits per heavy atom. The third-order valence-electron chi connectivity index (χ3n) is 3.35. The van der Waals surface area contributed by atoms with Crippen molar-refractivity contribution < 1.29 is 9.53 Å². The van der Waals surface area contributed by atoms with Crippen molar-refractivity contribution in [3.63, 3.8) is 0 Å². The first-order valence-corrected chi connectivity index (χ1v) is 9.00. The van der Waals surface area contributed by atoms with Crippen LogP contribution in [-0.4, -0.2) is 28.5 Å². The second-order valence-electron chi connectivity index (χ2n) is 5.07. The Kier molecular flexibility index (Phi) is 5.30. The average molecular weight is 369 g/mol. The van der Waals surface area contributed by atoms with E-state index in [2.05, 4.69) is 10.3 Å². The van der Waals surface area contributed by atoms with Gasteiger partial charge in [-0.2, -0.15) is 11.8 Å². The first kappa shape index (κ1) is 16.4. The zero-order valence-electron chi connectivity index (χ0n) is 12.1. The van der Waals surface area contributed by atoms with Crippen LogP contribution in [0.2, 0.25) is 10.0 Å². The van der Waals surface area contributed by atoms with Crippen LogP contribution in [0.3, 0.4) is 0 Å². The van der Waals surface area contributed by atoms with Gasteiger partial charge in [-0.1, -0.05) is 23.2 Å². The molecule has 1 N–H and O–H groups in total. The van der Waals surface area contributed by atoms with Gasteiger partial charge in [0.2, 0.25) is 5.88 Å². The van der Waals surface area contributed by atoms with Crippen molar-refractivity contribution in [3.05, 3.63) is 52.1 Å². The first-order valence-electron chi connectivity index (χ1n) is 7.08. The number of carbonyl (C=O) groups excluding carboxylic acids is 1. The Morgan fingerprint density at radius 3 is 2.83 bits per heavy atom. The number of amides is 1. The van der Waals surface area contributed by atoms with Gasteiger partial charge in [-0.15, -0.1) is 0 Å². The number of rotatable bonds is 4. The third-order valence-corrected chi connectivity index (χ3v) is 5.03. The number of thioether (sulfide) groups is 1. The van der Waals surface area contributed by atoms with Crippen molar-refractivity contribution in [2.75, 3.05) is 16.8 Å². The zero-order valence-corrected chi connectivity index (χ0v) is 14.4. The second kappa shape index (κ2) is 7.43. The molecule has 1 aliphatic heterocycles. The lowest BCUT2D eigenvalue weighted by Crippen LogP contribution is -2.16. The highest BCUT2D eigenvalue weighted by molar-refractivity contribution is 7.99. The maximum absolute atomic E-state index is 12.2. The van der Waals surface area contributed by atoms with Gasteiger partial charge in [0.1, 0.15) is 6.10 Å². The van der Waals surface area contributed by atoms with E-state index in [-0.39, 0.29) is 12.0 Å². The fraction of sp³-hybridized carbons (Fsp3) is 0.250. The van der Waals surface area contributed by atoms with Gasteiger partial charge in [0, 0.05) is 23.0 Å². The van der Waals surface area contributed by atoms with Gasteiger partial charge in [0.25, 0.3) is 5.91 Å². The molecule has 0 bridgehead atoms. The minimum Gasteiger partial charge on any atom is -0.473 e. The minimum atomic E-state index is -0.287. The lowest BCUT2D eigenvalue weighted by Gasteiger charge is -2.11. The molecule has 0 radical (unpaired) electrons. The lowest BCUT2D eigenvalue weighted by atomic mass is 10.2. The van der Waals surface area contributed by atoms with Crippen LogP contribution < -0.4 is 10.1 Å². The number of nitrogens with one attached hydrogen (secondary N) is 1. The van der Waals surface area contributed by atoms with Crippen LogP contribution >= 0.6 is 35.0 Å². The standard InChI is InChI=1S/C16H14Cl2N2O2S/c17-11-2-3-14(13(18)7-11)20-16(21)10-1-4-15(19-8-10)22-12-5-6-23-9-12/h1-4,7-8,12H,5-6,9H2,(H,20,21). The van der Waals surface area contributed by atoms with E-state index in [0.717, 1.165) is 17.9 Å². The van der Waals surface area contributed by atoms with E-state index in [0.29, 0.717) is 27.2 Å². The quantitative estimate of drug-likeness (QED) is 0.861. The number of carbonyl (C=O) groups is 1. The Balaban J connectivity index is 1.65. The Hall–Kier alpha value is -1.43. The summed E-state index contributed by atoms with van der Waals surface area (Å²) in [6.07, 6.45) is 2.74. The van der Waals surface area contributed by atoms with Crippen LogP contribution in [0, 0.1) is 0 Å². The minimum absolute atomic E-state index is 0.208. The molecule has 1 fully saturated rings. The smallest absolute Gasteiger partial charge is 0.257 e. The molecule has 2 heterocycles. The maximum atomic E-state index is 12.2. The Labute approximate surface area is 148 Å². The summed E-state index contributed by atoms with van der Waals surface area (Å²) in [5.41, 5.74) is 0.938. The van der Waals surface area contributed by atoms with Gasteiger partial charge in [0.15, 0.2) is 0 Å². The summed E-state index contributed by atoms with van der Waals surface area (Å²) in [6.45, 7) is 0. The topological polar surface area (TPSA) is 51.2 Å². The van der Waals surface area contributed by atoms with Crippen LogP contribution in [0.25, 0.3) is 0 Å². The molecule has 1 atom stereocenters.